The normalized spacial score (nSPS) is 14.9. The fourth-order valence-corrected chi connectivity index (χ4v) is 2.73. The molecule has 0 heterocycles. The second-order valence-electron chi connectivity index (χ2n) is 5.74. The lowest BCUT2D eigenvalue weighted by atomic mass is 9.76. The summed E-state index contributed by atoms with van der Waals surface area (Å²) in [6, 6.07) is 9.14. The van der Waals surface area contributed by atoms with Crippen molar-refractivity contribution in [3.63, 3.8) is 0 Å². The summed E-state index contributed by atoms with van der Waals surface area (Å²) in [5.41, 5.74) is 3.12. The maximum Gasteiger partial charge on any atom is 0.00518 e. The van der Waals surface area contributed by atoms with Gasteiger partial charge < -0.3 is 5.32 Å². The van der Waals surface area contributed by atoms with Crippen LogP contribution in [0.15, 0.2) is 24.3 Å². The standard InChI is InChI=1S/C16H27N/c1-6-14-7-9-15(10-8-14)16(4,12-17-5)11-13(2)3/h7-10,13,17H,6,11-12H2,1-5H3. The first kappa shape index (κ1) is 14.2. The van der Waals surface area contributed by atoms with Crippen LogP contribution in [0.5, 0.6) is 0 Å². The molecule has 1 atom stereocenters. The van der Waals surface area contributed by atoms with E-state index < -0.39 is 0 Å². The number of benzene rings is 1. The molecule has 17 heavy (non-hydrogen) atoms. The first-order valence-electron chi connectivity index (χ1n) is 6.76. The first-order valence-corrected chi connectivity index (χ1v) is 6.76. The molecule has 1 aromatic rings. The molecule has 96 valence electrons. The van der Waals surface area contributed by atoms with E-state index in [0.717, 1.165) is 18.9 Å². The van der Waals surface area contributed by atoms with Crippen LogP contribution in [0.3, 0.4) is 0 Å². The Morgan fingerprint density at radius 3 is 2.18 bits per heavy atom. The van der Waals surface area contributed by atoms with Gasteiger partial charge in [-0.25, -0.2) is 0 Å². The zero-order valence-electron chi connectivity index (χ0n) is 12.0. The van der Waals surface area contributed by atoms with E-state index in [1.807, 2.05) is 7.05 Å². The van der Waals surface area contributed by atoms with Crippen LogP contribution in [0.1, 0.15) is 45.2 Å². The predicted molar refractivity (Wildman–Crippen MR) is 76.6 cm³/mol. The van der Waals surface area contributed by atoms with Gasteiger partial charge in [0.15, 0.2) is 0 Å². The molecule has 0 amide bonds. The van der Waals surface area contributed by atoms with Crippen LogP contribution in [0, 0.1) is 5.92 Å². The van der Waals surface area contributed by atoms with Gasteiger partial charge in [-0.1, -0.05) is 52.0 Å². The van der Waals surface area contributed by atoms with Crippen molar-refractivity contribution < 1.29 is 0 Å². The summed E-state index contributed by atoms with van der Waals surface area (Å²) in [6.07, 6.45) is 2.34. The van der Waals surface area contributed by atoms with Gasteiger partial charge in [-0.15, -0.1) is 0 Å². The van der Waals surface area contributed by atoms with Crippen LogP contribution >= 0.6 is 0 Å². The lowest BCUT2D eigenvalue weighted by Crippen LogP contribution is -2.35. The topological polar surface area (TPSA) is 12.0 Å². The van der Waals surface area contributed by atoms with Crippen molar-refractivity contribution >= 4 is 0 Å². The van der Waals surface area contributed by atoms with E-state index >= 15 is 0 Å². The molecule has 0 aliphatic carbocycles. The number of hydrogen-bond donors (Lipinski definition) is 1. The van der Waals surface area contributed by atoms with Crippen molar-refractivity contribution in [3.8, 4) is 0 Å². The molecule has 1 nitrogen and oxygen atoms in total. The molecule has 0 radical (unpaired) electrons. The van der Waals surface area contributed by atoms with Crippen molar-refractivity contribution in [1.29, 1.82) is 0 Å². The summed E-state index contributed by atoms with van der Waals surface area (Å²) >= 11 is 0. The zero-order chi connectivity index (χ0) is 12.9. The average molecular weight is 233 g/mol. The zero-order valence-corrected chi connectivity index (χ0v) is 12.0. The number of likely N-dealkylation sites (N-methyl/N-ethyl adjacent to an activating group) is 1. The van der Waals surface area contributed by atoms with Crippen LogP contribution in [-0.2, 0) is 11.8 Å². The molecule has 0 aromatic heterocycles. The molecule has 0 saturated heterocycles. The maximum atomic E-state index is 3.34. The van der Waals surface area contributed by atoms with Crippen molar-refractivity contribution in [1.82, 2.24) is 5.32 Å². The number of aryl methyl sites for hydroxylation is 1. The molecule has 1 heteroatoms. The summed E-state index contributed by atoms with van der Waals surface area (Å²) in [5.74, 6) is 0.721. The maximum absolute atomic E-state index is 3.34. The summed E-state index contributed by atoms with van der Waals surface area (Å²) < 4.78 is 0. The fourth-order valence-electron chi connectivity index (χ4n) is 2.73. The second-order valence-corrected chi connectivity index (χ2v) is 5.74. The minimum atomic E-state index is 0.245. The van der Waals surface area contributed by atoms with E-state index in [4.69, 9.17) is 0 Å². The SMILES string of the molecule is CCc1ccc(C(C)(CNC)CC(C)C)cc1. The second kappa shape index (κ2) is 6.20. The summed E-state index contributed by atoms with van der Waals surface area (Å²) in [5, 5.41) is 3.34. The van der Waals surface area contributed by atoms with E-state index in [1.54, 1.807) is 0 Å². The van der Waals surface area contributed by atoms with Gasteiger partial charge in [-0.3, -0.25) is 0 Å². The third-order valence-corrected chi connectivity index (χ3v) is 3.48. The molecule has 1 unspecified atom stereocenters. The number of nitrogens with one attached hydrogen (secondary N) is 1. The Morgan fingerprint density at radius 2 is 1.76 bits per heavy atom. The van der Waals surface area contributed by atoms with Crippen molar-refractivity contribution in [2.24, 2.45) is 5.92 Å². The molecule has 0 saturated carbocycles. The van der Waals surface area contributed by atoms with Crippen LogP contribution < -0.4 is 5.32 Å². The van der Waals surface area contributed by atoms with Gasteiger partial charge in [0, 0.05) is 12.0 Å². The molecule has 1 N–H and O–H groups in total. The largest absolute Gasteiger partial charge is 0.319 e. The fraction of sp³-hybridized carbons (Fsp3) is 0.625. The Morgan fingerprint density at radius 1 is 1.18 bits per heavy atom. The monoisotopic (exact) mass is 233 g/mol. The van der Waals surface area contributed by atoms with Crippen LogP contribution in [0.2, 0.25) is 0 Å². The lowest BCUT2D eigenvalue weighted by molar-refractivity contribution is 0.357. The van der Waals surface area contributed by atoms with E-state index in [2.05, 4.69) is 57.3 Å². The van der Waals surface area contributed by atoms with E-state index in [0.29, 0.717) is 0 Å². The predicted octanol–water partition coefficient (Wildman–Crippen LogP) is 3.77. The van der Waals surface area contributed by atoms with E-state index in [9.17, 15) is 0 Å². The molecule has 0 aliphatic rings. The molecule has 1 aromatic carbocycles. The molecule has 0 aliphatic heterocycles. The van der Waals surface area contributed by atoms with Crippen LogP contribution in [0.25, 0.3) is 0 Å². The highest BCUT2D eigenvalue weighted by molar-refractivity contribution is 5.29. The molecular formula is C16H27N. The number of hydrogen-bond acceptors (Lipinski definition) is 1. The Balaban J connectivity index is 2.95. The Labute approximate surface area is 107 Å². The van der Waals surface area contributed by atoms with Gasteiger partial charge >= 0.3 is 0 Å². The van der Waals surface area contributed by atoms with Gasteiger partial charge in [0.2, 0.25) is 0 Å². The van der Waals surface area contributed by atoms with Crippen molar-refractivity contribution in [2.75, 3.05) is 13.6 Å². The Hall–Kier alpha value is -0.820. The summed E-state index contributed by atoms with van der Waals surface area (Å²) in [4.78, 5) is 0. The van der Waals surface area contributed by atoms with Crippen LogP contribution in [0.4, 0.5) is 0 Å². The smallest absolute Gasteiger partial charge is 0.00518 e. The quantitative estimate of drug-likeness (QED) is 0.788. The molecule has 0 bridgehead atoms. The minimum Gasteiger partial charge on any atom is -0.319 e. The highest BCUT2D eigenvalue weighted by Gasteiger charge is 2.26. The molecule has 0 fully saturated rings. The Bertz CT molecular complexity index is 326. The summed E-state index contributed by atoms with van der Waals surface area (Å²) in [6.45, 7) is 10.2. The lowest BCUT2D eigenvalue weighted by Gasteiger charge is -2.32. The van der Waals surface area contributed by atoms with Gasteiger partial charge in [0.1, 0.15) is 0 Å². The molecule has 1 rings (SSSR count). The van der Waals surface area contributed by atoms with Gasteiger partial charge in [-0.05, 0) is 36.9 Å². The Kier molecular flexibility index (Phi) is 5.20. The first-order chi connectivity index (χ1) is 8.01. The van der Waals surface area contributed by atoms with Gasteiger partial charge in [0.25, 0.3) is 0 Å². The summed E-state index contributed by atoms with van der Waals surface area (Å²) in [7, 11) is 2.04. The highest BCUT2D eigenvalue weighted by atomic mass is 14.8. The molecule has 0 spiro atoms. The van der Waals surface area contributed by atoms with E-state index in [-0.39, 0.29) is 5.41 Å². The van der Waals surface area contributed by atoms with Crippen molar-refractivity contribution in [3.05, 3.63) is 35.4 Å². The van der Waals surface area contributed by atoms with Gasteiger partial charge in [0.05, 0.1) is 0 Å². The third-order valence-electron chi connectivity index (χ3n) is 3.48. The third kappa shape index (κ3) is 3.85. The number of rotatable bonds is 6. The van der Waals surface area contributed by atoms with Crippen LogP contribution in [-0.4, -0.2) is 13.6 Å². The average Bonchev–Trinajstić information content (AvgIpc) is 2.28. The van der Waals surface area contributed by atoms with Gasteiger partial charge in [-0.2, -0.15) is 0 Å². The highest BCUT2D eigenvalue weighted by Crippen LogP contribution is 2.30. The van der Waals surface area contributed by atoms with Crippen molar-refractivity contribution in [2.45, 2.75) is 46.0 Å². The minimum absolute atomic E-state index is 0.245. The van der Waals surface area contributed by atoms with E-state index in [1.165, 1.54) is 17.5 Å². The molecular weight excluding hydrogens is 206 g/mol.